The quantitative estimate of drug-likeness (QED) is 0.103. The fourth-order valence-electron chi connectivity index (χ4n) is 3.38. The number of carboxylic acids is 2. The number of carbonyl (C=O) groups is 3. The van der Waals surface area contributed by atoms with Crippen molar-refractivity contribution in [2.24, 2.45) is 5.73 Å². The summed E-state index contributed by atoms with van der Waals surface area (Å²) in [7, 11) is 0. The van der Waals surface area contributed by atoms with Crippen molar-refractivity contribution >= 4 is 64.2 Å². The summed E-state index contributed by atoms with van der Waals surface area (Å²) < 4.78 is 10.8. The SMILES string of the molecule is CCCCCCOc1nccc(C(=O)O)c1Cl.CCCCCCOc1nccc(C(N)=O)c1Cl.O=C(O)c1ccnc(Cl)c1Cl. The Morgan fingerprint density at radius 1 is 0.644 bits per heavy atom. The van der Waals surface area contributed by atoms with E-state index < -0.39 is 17.8 Å². The highest BCUT2D eigenvalue weighted by Gasteiger charge is 2.15. The van der Waals surface area contributed by atoms with Crippen molar-refractivity contribution in [2.45, 2.75) is 65.2 Å². The molecular formula is C30H36Cl4N4O7. The highest BCUT2D eigenvalue weighted by molar-refractivity contribution is 6.43. The minimum Gasteiger partial charge on any atom is -0.478 e. The van der Waals surface area contributed by atoms with Crippen molar-refractivity contribution in [3.63, 3.8) is 0 Å². The first-order chi connectivity index (χ1) is 21.5. The molecule has 0 saturated heterocycles. The van der Waals surface area contributed by atoms with Gasteiger partial charge in [-0.2, -0.15) is 0 Å². The zero-order valence-electron chi connectivity index (χ0n) is 24.9. The average Bonchev–Trinajstić information content (AvgIpc) is 3.00. The lowest BCUT2D eigenvalue weighted by Gasteiger charge is -2.08. The second-order valence-corrected chi connectivity index (χ2v) is 10.7. The van der Waals surface area contributed by atoms with Crippen LogP contribution in [-0.4, -0.2) is 56.2 Å². The molecule has 0 fully saturated rings. The van der Waals surface area contributed by atoms with Gasteiger partial charge >= 0.3 is 11.9 Å². The lowest BCUT2D eigenvalue weighted by molar-refractivity contribution is 0.0686. The minimum absolute atomic E-state index is 0.00608. The van der Waals surface area contributed by atoms with E-state index in [1.165, 1.54) is 56.1 Å². The summed E-state index contributed by atoms with van der Waals surface area (Å²) in [6, 6.07) is 4.12. The van der Waals surface area contributed by atoms with Gasteiger partial charge in [0.15, 0.2) is 0 Å². The van der Waals surface area contributed by atoms with Crippen LogP contribution in [0.15, 0.2) is 36.8 Å². The number of aromatic carboxylic acids is 2. The van der Waals surface area contributed by atoms with Gasteiger partial charge < -0.3 is 25.4 Å². The Morgan fingerprint density at radius 3 is 1.44 bits per heavy atom. The second-order valence-electron chi connectivity index (χ2n) is 9.21. The van der Waals surface area contributed by atoms with Gasteiger partial charge in [-0.1, -0.05) is 98.8 Å². The van der Waals surface area contributed by atoms with Crippen LogP contribution < -0.4 is 15.2 Å². The number of hydrogen-bond donors (Lipinski definition) is 3. The number of carboxylic acid groups (broad SMARTS) is 2. The van der Waals surface area contributed by atoms with E-state index in [-0.39, 0.29) is 48.7 Å². The molecule has 15 heteroatoms. The maximum atomic E-state index is 11.0. The Hall–Kier alpha value is -3.38. The van der Waals surface area contributed by atoms with Gasteiger partial charge in [0.2, 0.25) is 17.7 Å². The van der Waals surface area contributed by atoms with E-state index in [0.29, 0.717) is 13.2 Å². The van der Waals surface area contributed by atoms with E-state index in [4.69, 9.17) is 71.8 Å². The lowest BCUT2D eigenvalue weighted by atomic mass is 10.2. The predicted octanol–water partition coefficient (Wildman–Crippen LogP) is 8.27. The van der Waals surface area contributed by atoms with Crippen LogP contribution in [0.25, 0.3) is 0 Å². The van der Waals surface area contributed by atoms with Crippen LogP contribution in [0.1, 0.15) is 96.3 Å². The van der Waals surface area contributed by atoms with Crippen molar-refractivity contribution < 1.29 is 34.1 Å². The minimum atomic E-state index is -1.11. The van der Waals surface area contributed by atoms with Crippen LogP contribution in [0.5, 0.6) is 11.8 Å². The molecule has 3 heterocycles. The van der Waals surface area contributed by atoms with E-state index in [1.54, 1.807) is 0 Å². The molecule has 0 aliphatic rings. The Balaban J connectivity index is 0.000000346. The number of nitrogens with two attached hydrogens (primary N) is 1. The van der Waals surface area contributed by atoms with Gasteiger partial charge in [0, 0.05) is 18.6 Å². The third-order valence-electron chi connectivity index (χ3n) is 5.76. The number of nitrogens with zero attached hydrogens (tertiary/aromatic N) is 3. The topological polar surface area (TPSA) is 175 Å². The van der Waals surface area contributed by atoms with E-state index in [2.05, 4.69) is 28.8 Å². The molecular weight excluding hydrogens is 670 g/mol. The van der Waals surface area contributed by atoms with Crippen LogP contribution >= 0.6 is 46.4 Å². The second kappa shape index (κ2) is 22.2. The zero-order valence-corrected chi connectivity index (χ0v) is 27.9. The van der Waals surface area contributed by atoms with Crippen LogP contribution in [0.2, 0.25) is 20.2 Å². The van der Waals surface area contributed by atoms with E-state index in [0.717, 1.165) is 32.1 Å². The summed E-state index contributed by atoms with van der Waals surface area (Å²) in [5, 5.41) is 17.6. The molecule has 246 valence electrons. The van der Waals surface area contributed by atoms with Gasteiger partial charge in [-0.05, 0) is 31.0 Å². The van der Waals surface area contributed by atoms with Crippen molar-refractivity contribution in [1.29, 1.82) is 0 Å². The first-order valence-electron chi connectivity index (χ1n) is 14.1. The van der Waals surface area contributed by atoms with Crippen LogP contribution in [0.4, 0.5) is 0 Å². The number of pyridine rings is 3. The monoisotopic (exact) mass is 704 g/mol. The van der Waals surface area contributed by atoms with Crippen molar-refractivity contribution in [3.05, 3.63) is 73.7 Å². The largest absolute Gasteiger partial charge is 0.478 e. The highest BCUT2D eigenvalue weighted by Crippen LogP contribution is 2.27. The molecule has 0 spiro atoms. The molecule has 0 aromatic carbocycles. The molecule has 3 rings (SSSR count). The van der Waals surface area contributed by atoms with E-state index in [9.17, 15) is 14.4 Å². The number of carbonyl (C=O) groups excluding carboxylic acids is 1. The number of rotatable bonds is 15. The number of amides is 1. The van der Waals surface area contributed by atoms with Crippen molar-refractivity contribution in [2.75, 3.05) is 13.2 Å². The molecule has 3 aromatic heterocycles. The van der Waals surface area contributed by atoms with Crippen LogP contribution in [-0.2, 0) is 0 Å². The fourth-order valence-corrected chi connectivity index (χ4v) is 4.24. The Morgan fingerprint density at radius 2 is 1.04 bits per heavy atom. The molecule has 11 nitrogen and oxygen atoms in total. The fraction of sp³-hybridized carbons (Fsp3) is 0.400. The Bertz CT molecular complexity index is 1320. The molecule has 45 heavy (non-hydrogen) atoms. The molecule has 0 bridgehead atoms. The lowest BCUT2D eigenvalue weighted by Crippen LogP contribution is -2.12. The number of halogens is 4. The number of hydrogen-bond acceptors (Lipinski definition) is 8. The Labute approximate surface area is 282 Å². The maximum Gasteiger partial charge on any atom is 0.337 e. The average molecular weight is 706 g/mol. The summed E-state index contributed by atoms with van der Waals surface area (Å²) >= 11 is 22.8. The number of aromatic nitrogens is 3. The summed E-state index contributed by atoms with van der Waals surface area (Å²) in [6.45, 7) is 5.34. The van der Waals surface area contributed by atoms with Crippen molar-refractivity contribution in [3.8, 4) is 11.8 Å². The normalized spacial score (nSPS) is 10.1. The zero-order chi connectivity index (χ0) is 33.8. The summed E-state index contributed by atoms with van der Waals surface area (Å²) in [5.74, 6) is -2.29. The number of unbranched alkanes of at least 4 members (excludes halogenated alkanes) is 6. The molecule has 3 aromatic rings. The summed E-state index contributed by atoms with van der Waals surface area (Å²) in [6.07, 6.45) is 12.9. The first kappa shape index (κ1) is 39.6. The molecule has 0 unspecified atom stereocenters. The van der Waals surface area contributed by atoms with Gasteiger partial charge in [0.25, 0.3) is 0 Å². The third kappa shape index (κ3) is 14.5. The maximum absolute atomic E-state index is 11.0. The summed E-state index contributed by atoms with van der Waals surface area (Å²) in [4.78, 5) is 43.8. The smallest absolute Gasteiger partial charge is 0.337 e. The summed E-state index contributed by atoms with van der Waals surface area (Å²) in [5.41, 5.74) is 5.40. The molecule has 1 amide bonds. The number of primary amides is 1. The molecule has 0 aliphatic heterocycles. The molecule has 0 radical (unpaired) electrons. The van der Waals surface area contributed by atoms with Gasteiger partial charge in [-0.3, -0.25) is 4.79 Å². The van der Waals surface area contributed by atoms with Gasteiger partial charge in [-0.25, -0.2) is 24.5 Å². The molecule has 4 N–H and O–H groups in total. The van der Waals surface area contributed by atoms with Gasteiger partial charge in [-0.15, -0.1) is 0 Å². The van der Waals surface area contributed by atoms with Gasteiger partial charge in [0.1, 0.15) is 15.2 Å². The van der Waals surface area contributed by atoms with Crippen LogP contribution in [0, 0.1) is 0 Å². The third-order valence-corrected chi connectivity index (χ3v) is 7.26. The Kier molecular flexibility index (Phi) is 19.5. The van der Waals surface area contributed by atoms with Gasteiger partial charge in [0.05, 0.1) is 34.9 Å². The van der Waals surface area contributed by atoms with E-state index >= 15 is 0 Å². The number of ether oxygens (including phenoxy) is 2. The highest BCUT2D eigenvalue weighted by atomic mass is 35.5. The molecule has 0 saturated carbocycles. The molecule has 0 atom stereocenters. The predicted molar refractivity (Wildman–Crippen MR) is 174 cm³/mol. The van der Waals surface area contributed by atoms with Crippen molar-refractivity contribution in [1.82, 2.24) is 15.0 Å². The first-order valence-corrected chi connectivity index (χ1v) is 15.6. The van der Waals surface area contributed by atoms with Crippen LogP contribution in [0.3, 0.4) is 0 Å². The molecule has 0 aliphatic carbocycles. The standard InChI is InChI=1S/C12H17ClN2O2.C12H16ClNO3.C6H3Cl2NO2/c1-2-3-4-5-8-17-12-10(13)9(11(14)16)6-7-15-12;1-2-3-4-5-8-17-11-10(13)9(12(15)16)6-7-14-11;7-4-3(6(10)11)1-2-9-5(4)8/h6-7H,2-5,8H2,1H3,(H2,14,16);6-7H,2-5,8H2,1H3,(H,15,16);1-2H,(H,10,11). The van der Waals surface area contributed by atoms with E-state index in [1.807, 2.05) is 0 Å².